The van der Waals surface area contributed by atoms with E-state index in [1.54, 1.807) is 37.3 Å². The topological polar surface area (TPSA) is 122 Å². The molecule has 0 bridgehead atoms. The van der Waals surface area contributed by atoms with Crippen LogP contribution in [0.5, 0.6) is 0 Å². The van der Waals surface area contributed by atoms with Gasteiger partial charge in [0.25, 0.3) is 5.56 Å². The Balaban J connectivity index is 1.88. The lowest BCUT2D eigenvalue weighted by molar-refractivity contribution is -0.122. The van der Waals surface area contributed by atoms with E-state index in [1.165, 1.54) is 17.7 Å². The molecule has 2 aromatic heterocycles. The maximum absolute atomic E-state index is 13.4. The Morgan fingerprint density at radius 1 is 1.24 bits per heavy atom. The zero-order valence-corrected chi connectivity index (χ0v) is 18.4. The fourth-order valence-electron chi connectivity index (χ4n) is 3.92. The van der Waals surface area contributed by atoms with E-state index in [0.717, 1.165) is 17.4 Å². The summed E-state index contributed by atoms with van der Waals surface area (Å²) in [5, 5.41) is 2.62. The van der Waals surface area contributed by atoms with Crippen molar-refractivity contribution in [3.05, 3.63) is 68.5 Å². The summed E-state index contributed by atoms with van der Waals surface area (Å²) in [5.74, 6) is -1.25. The molecule has 10 nitrogen and oxygen atoms in total. The molecule has 33 heavy (non-hydrogen) atoms. The van der Waals surface area contributed by atoms with Gasteiger partial charge in [-0.15, -0.1) is 0 Å². The third-order valence-electron chi connectivity index (χ3n) is 5.49. The van der Waals surface area contributed by atoms with Crippen molar-refractivity contribution in [2.45, 2.75) is 32.4 Å². The molecule has 0 spiro atoms. The fraction of sp³-hybridized carbons (Fsp3) is 0.348. The number of benzene rings is 1. The summed E-state index contributed by atoms with van der Waals surface area (Å²) in [5.41, 5.74) is -0.661. The first kappa shape index (κ1) is 22.4. The maximum atomic E-state index is 13.4. The van der Waals surface area contributed by atoms with E-state index in [0.29, 0.717) is 24.5 Å². The Bertz CT molecular complexity index is 1320. The summed E-state index contributed by atoms with van der Waals surface area (Å²) < 4.78 is 12.4. The average Bonchev–Trinajstić information content (AvgIpc) is 3.34. The van der Waals surface area contributed by atoms with E-state index in [1.807, 2.05) is 0 Å². The van der Waals surface area contributed by atoms with Crippen LogP contribution in [0.25, 0.3) is 16.7 Å². The highest BCUT2D eigenvalue weighted by Gasteiger charge is 2.24. The first-order valence-electron chi connectivity index (χ1n) is 10.6. The van der Waals surface area contributed by atoms with Crippen LogP contribution in [0.1, 0.15) is 28.9 Å². The number of methoxy groups -OCH3 is 1. The fourth-order valence-corrected chi connectivity index (χ4v) is 3.92. The molecule has 10 heteroatoms. The number of esters is 1. The minimum atomic E-state index is -0.789. The molecule has 3 heterocycles. The number of aromatic nitrogens is 3. The SMILES string of the molecule is COC(=O)c1cc(C)nc2c1c(=O)n(CC(=O)NC[C@H]1CCCO1)c(=O)n2-c1ccccc1. The van der Waals surface area contributed by atoms with Crippen LogP contribution in [0.2, 0.25) is 0 Å². The van der Waals surface area contributed by atoms with Crippen molar-refractivity contribution in [2.75, 3.05) is 20.3 Å². The summed E-state index contributed by atoms with van der Waals surface area (Å²) in [6.07, 6.45) is 1.68. The van der Waals surface area contributed by atoms with Gasteiger partial charge >= 0.3 is 11.7 Å². The molecule has 1 N–H and O–H groups in total. The third-order valence-corrected chi connectivity index (χ3v) is 5.49. The average molecular weight is 452 g/mol. The molecule has 1 fully saturated rings. The zero-order valence-electron chi connectivity index (χ0n) is 18.4. The summed E-state index contributed by atoms with van der Waals surface area (Å²) in [6.45, 7) is 2.08. The van der Waals surface area contributed by atoms with E-state index in [-0.39, 0.29) is 22.7 Å². The Morgan fingerprint density at radius 3 is 2.67 bits per heavy atom. The number of hydrogen-bond donors (Lipinski definition) is 1. The minimum Gasteiger partial charge on any atom is -0.465 e. The maximum Gasteiger partial charge on any atom is 0.338 e. The normalized spacial score (nSPS) is 15.5. The van der Waals surface area contributed by atoms with E-state index in [4.69, 9.17) is 9.47 Å². The highest BCUT2D eigenvalue weighted by Crippen LogP contribution is 2.18. The number of aryl methyl sites for hydroxylation is 1. The molecule has 0 unspecified atom stereocenters. The molecular formula is C23H24N4O6. The number of para-hydroxylation sites is 1. The van der Waals surface area contributed by atoms with Crippen LogP contribution < -0.4 is 16.6 Å². The molecule has 1 saturated heterocycles. The number of hydrogen-bond acceptors (Lipinski definition) is 7. The number of rotatable bonds is 6. The van der Waals surface area contributed by atoms with Crippen LogP contribution in [0.4, 0.5) is 0 Å². The van der Waals surface area contributed by atoms with Crippen LogP contribution in [-0.2, 0) is 20.8 Å². The van der Waals surface area contributed by atoms with Gasteiger partial charge in [-0.3, -0.25) is 9.59 Å². The van der Waals surface area contributed by atoms with Gasteiger partial charge in [0.1, 0.15) is 6.54 Å². The number of carbonyl (C=O) groups excluding carboxylic acids is 2. The lowest BCUT2D eigenvalue weighted by Gasteiger charge is -2.16. The van der Waals surface area contributed by atoms with E-state index in [2.05, 4.69) is 10.3 Å². The summed E-state index contributed by atoms with van der Waals surface area (Å²) >= 11 is 0. The van der Waals surface area contributed by atoms with Crippen molar-refractivity contribution in [1.82, 2.24) is 19.4 Å². The third kappa shape index (κ3) is 4.42. The standard InChI is InChI=1S/C23H24N4O6/c1-14-11-17(22(30)32-2)19-20(25-14)27(15-7-4-3-5-8-15)23(31)26(21(19)29)13-18(28)24-12-16-9-6-10-33-16/h3-5,7-8,11,16H,6,9-10,12-13H2,1-2H3,(H,24,28)/t16-/m1/s1. The van der Waals surface area contributed by atoms with Gasteiger partial charge in [-0.2, -0.15) is 0 Å². The van der Waals surface area contributed by atoms with Crippen LogP contribution in [0.15, 0.2) is 46.0 Å². The van der Waals surface area contributed by atoms with Gasteiger partial charge in [0.15, 0.2) is 5.65 Å². The number of fused-ring (bicyclic) bond motifs is 1. The summed E-state index contributed by atoms with van der Waals surface area (Å²) in [6, 6.07) is 10.0. The predicted molar refractivity (Wildman–Crippen MR) is 120 cm³/mol. The highest BCUT2D eigenvalue weighted by atomic mass is 16.5. The van der Waals surface area contributed by atoms with Crippen LogP contribution >= 0.6 is 0 Å². The van der Waals surface area contributed by atoms with Crippen LogP contribution in [0.3, 0.4) is 0 Å². The second kappa shape index (κ2) is 9.37. The molecule has 1 aliphatic heterocycles. The van der Waals surface area contributed by atoms with Crippen molar-refractivity contribution in [3.8, 4) is 5.69 Å². The first-order chi connectivity index (χ1) is 15.9. The molecule has 1 aromatic carbocycles. The quantitative estimate of drug-likeness (QED) is 0.553. The molecule has 3 aromatic rings. The zero-order chi connectivity index (χ0) is 23.5. The van der Waals surface area contributed by atoms with Gasteiger partial charge in [0.05, 0.1) is 29.9 Å². The smallest absolute Gasteiger partial charge is 0.338 e. The van der Waals surface area contributed by atoms with E-state index in [9.17, 15) is 19.2 Å². The second-order valence-electron chi connectivity index (χ2n) is 7.79. The number of nitrogens with zero attached hydrogens (tertiary/aromatic N) is 3. The molecular weight excluding hydrogens is 428 g/mol. The van der Waals surface area contributed by atoms with Gasteiger partial charge in [-0.25, -0.2) is 23.7 Å². The molecule has 172 valence electrons. The second-order valence-corrected chi connectivity index (χ2v) is 7.79. The number of ether oxygens (including phenoxy) is 2. The van der Waals surface area contributed by atoms with Crippen molar-refractivity contribution in [2.24, 2.45) is 0 Å². The van der Waals surface area contributed by atoms with Crippen LogP contribution in [0, 0.1) is 6.92 Å². The van der Waals surface area contributed by atoms with Crippen molar-refractivity contribution >= 4 is 22.9 Å². The van der Waals surface area contributed by atoms with E-state index < -0.39 is 29.7 Å². The Hall–Kier alpha value is -3.79. The Kier molecular flexibility index (Phi) is 6.36. The molecule has 0 radical (unpaired) electrons. The summed E-state index contributed by atoms with van der Waals surface area (Å²) in [4.78, 5) is 56.3. The first-order valence-corrected chi connectivity index (χ1v) is 10.6. The Labute approximate surface area is 188 Å². The van der Waals surface area contributed by atoms with Crippen molar-refractivity contribution in [3.63, 3.8) is 0 Å². The number of pyridine rings is 1. The summed E-state index contributed by atoms with van der Waals surface area (Å²) in [7, 11) is 1.20. The highest BCUT2D eigenvalue weighted by molar-refractivity contribution is 6.02. The van der Waals surface area contributed by atoms with Crippen molar-refractivity contribution in [1.29, 1.82) is 0 Å². The van der Waals surface area contributed by atoms with Gasteiger partial charge in [0, 0.05) is 18.8 Å². The van der Waals surface area contributed by atoms with Gasteiger partial charge < -0.3 is 14.8 Å². The Morgan fingerprint density at radius 2 is 2.00 bits per heavy atom. The van der Waals surface area contributed by atoms with Gasteiger partial charge in [0.2, 0.25) is 5.91 Å². The molecule has 1 aliphatic rings. The largest absolute Gasteiger partial charge is 0.465 e. The van der Waals surface area contributed by atoms with Gasteiger partial charge in [-0.05, 0) is 38.0 Å². The minimum absolute atomic E-state index is 0.0209. The number of carbonyl (C=O) groups is 2. The predicted octanol–water partition coefficient (Wildman–Crippen LogP) is 0.938. The number of nitrogens with one attached hydrogen (secondary N) is 1. The lowest BCUT2D eigenvalue weighted by Crippen LogP contribution is -2.45. The monoisotopic (exact) mass is 452 g/mol. The molecule has 0 saturated carbocycles. The van der Waals surface area contributed by atoms with Gasteiger partial charge in [-0.1, -0.05) is 18.2 Å². The van der Waals surface area contributed by atoms with Crippen molar-refractivity contribution < 1.29 is 19.1 Å². The lowest BCUT2D eigenvalue weighted by atomic mass is 10.1. The van der Waals surface area contributed by atoms with E-state index >= 15 is 0 Å². The molecule has 0 aliphatic carbocycles. The molecule has 1 atom stereocenters. The van der Waals surface area contributed by atoms with Crippen LogP contribution in [-0.4, -0.2) is 52.4 Å². The molecule has 4 rings (SSSR count). The molecule has 1 amide bonds. The number of amides is 1.